The molecule has 1 heterocycles. The van der Waals surface area contributed by atoms with Crippen LogP contribution < -0.4 is 5.32 Å². The number of hydrogen-bond donors (Lipinski definition) is 1. The van der Waals surface area contributed by atoms with Gasteiger partial charge in [-0.1, -0.05) is 0 Å². The smallest absolute Gasteiger partial charge is 0.0622 e. The fraction of sp³-hybridized carbons (Fsp3) is 0.583. The van der Waals surface area contributed by atoms with E-state index >= 15 is 0 Å². The van der Waals surface area contributed by atoms with Crippen molar-refractivity contribution >= 4 is 0 Å². The number of unbranched alkanes of at least 4 members (excludes halogenated alkanes) is 1. The first kappa shape index (κ1) is 12.8. The predicted octanol–water partition coefficient (Wildman–Crippen LogP) is 1.53. The van der Waals surface area contributed by atoms with Gasteiger partial charge in [0.05, 0.1) is 12.7 Å². The van der Waals surface area contributed by atoms with Gasteiger partial charge in [-0.15, -0.1) is 0 Å². The fourth-order valence-corrected chi connectivity index (χ4v) is 1.55. The first-order valence-electron chi connectivity index (χ1n) is 5.59. The number of ether oxygens (including phenoxy) is 1. The summed E-state index contributed by atoms with van der Waals surface area (Å²) in [5, 5.41) is 11.8. The van der Waals surface area contributed by atoms with E-state index in [4.69, 9.17) is 10.00 Å². The average molecular weight is 221 g/mol. The van der Waals surface area contributed by atoms with Crippen molar-refractivity contribution < 1.29 is 4.74 Å². The molecule has 0 unspecified atom stereocenters. The number of nitrogens with zero attached hydrogens (tertiary/aromatic N) is 2. The van der Waals surface area contributed by atoms with E-state index in [9.17, 15) is 0 Å². The molecule has 0 amide bonds. The molecule has 0 aromatic carbocycles. The van der Waals surface area contributed by atoms with Crippen molar-refractivity contribution in [2.24, 2.45) is 0 Å². The topological polar surface area (TPSA) is 50.0 Å². The summed E-state index contributed by atoms with van der Waals surface area (Å²) in [4.78, 5) is 0. The Kier molecular flexibility index (Phi) is 6.31. The first-order chi connectivity index (χ1) is 7.88. The zero-order valence-electron chi connectivity index (χ0n) is 9.78. The minimum atomic E-state index is 0.620. The third-order valence-electron chi connectivity index (χ3n) is 2.40. The molecule has 0 radical (unpaired) electrons. The Morgan fingerprint density at radius 1 is 1.56 bits per heavy atom. The van der Waals surface area contributed by atoms with E-state index in [0.717, 1.165) is 32.7 Å². The highest BCUT2D eigenvalue weighted by atomic mass is 16.5. The predicted molar refractivity (Wildman–Crippen MR) is 62.9 cm³/mol. The summed E-state index contributed by atoms with van der Waals surface area (Å²) < 4.78 is 7.16. The van der Waals surface area contributed by atoms with Gasteiger partial charge in [0.2, 0.25) is 0 Å². The standard InChI is InChI=1S/C12H19N3O/c1-16-10-7-14-11-12-5-4-9-15(12)8-3-2-6-13/h4-5,9,14H,2-3,7-8,10-11H2,1H3. The largest absolute Gasteiger partial charge is 0.383 e. The molecule has 0 saturated heterocycles. The molecule has 0 spiro atoms. The second-order valence-corrected chi connectivity index (χ2v) is 3.62. The Bertz CT molecular complexity index is 327. The summed E-state index contributed by atoms with van der Waals surface area (Å²) in [5.41, 5.74) is 1.26. The maximum atomic E-state index is 8.48. The Hall–Kier alpha value is -1.31. The van der Waals surface area contributed by atoms with Gasteiger partial charge < -0.3 is 14.6 Å². The zero-order valence-corrected chi connectivity index (χ0v) is 9.78. The number of rotatable bonds is 8. The van der Waals surface area contributed by atoms with Gasteiger partial charge in [0.25, 0.3) is 0 Å². The summed E-state index contributed by atoms with van der Waals surface area (Å²) in [6.07, 6.45) is 3.59. The SMILES string of the molecule is COCCNCc1cccn1CCCC#N. The molecule has 1 aromatic heterocycles. The van der Waals surface area contributed by atoms with Crippen LogP contribution in [-0.2, 0) is 17.8 Å². The normalized spacial score (nSPS) is 10.2. The van der Waals surface area contributed by atoms with Crippen LogP contribution in [0.5, 0.6) is 0 Å². The third kappa shape index (κ3) is 4.47. The molecule has 16 heavy (non-hydrogen) atoms. The monoisotopic (exact) mass is 221 g/mol. The molecule has 0 fully saturated rings. The Morgan fingerprint density at radius 2 is 2.44 bits per heavy atom. The molecule has 1 rings (SSSR count). The van der Waals surface area contributed by atoms with Crippen molar-refractivity contribution in [3.63, 3.8) is 0 Å². The molecule has 0 aliphatic rings. The van der Waals surface area contributed by atoms with Crippen molar-refractivity contribution in [2.45, 2.75) is 25.9 Å². The van der Waals surface area contributed by atoms with Crippen LogP contribution in [0.1, 0.15) is 18.5 Å². The van der Waals surface area contributed by atoms with E-state index in [1.54, 1.807) is 7.11 Å². The quantitative estimate of drug-likeness (QED) is 0.677. The minimum absolute atomic E-state index is 0.620. The molecule has 0 saturated carbocycles. The van der Waals surface area contributed by atoms with Crippen LogP contribution >= 0.6 is 0 Å². The lowest BCUT2D eigenvalue weighted by Gasteiger charge is -2.09. The molecule has 1 N–H and O–H groups in total. The van der Waals surface area contributed by atoms with Gasteiger partial charge in [-0.3, -0.25) is 0 Å². The van der Waals surface area contributed by atoms with Crippen molar-refractivity contribution in [3.05, 3.63) is 24.0 Å². The summed E-state index contributed by atoms with van der Waals surface area (Å²) in [5.74, 6) is 0. The van der Waals surface area contributed by atoms with E-state index in [2.05, 4.69) is 28.2 Å². The van der Waals surface area contributed by atoms with Crippen molar-refractivity contribution in [1.82, 2.24) is 9.88 Å². The second-order valence-electron chi connectivity index (χ2n) is 3.62. The first-order valence-corrected chi connectivity index (χ1v) is 5.59. The highest BCUT2D eigenvalue weighted by Crippen LogP contribution is 2.04. The Morgan fingerprint density at radius 3 is 3.19 bits per heavy atom. The maximum Gasteiger partial charge on any atom is 0.0622 e. The second kappa shape index (κ2) is 7.91. The van der Waals surface area contributed by atoms with Gasteiger partial charge >= 0.3 is 0 Å². The average Bonchev–Trinajstić information content (AvgIpc) is 2.73. The molecule has 1 aromatic rings. The Balaban J connectivity index is 2.30. The van der Waals surface area contributed by atoms with Crippen LogP contribution in [-0.4, -0.2) is 24.8 Å². The molecule has 0 bridgehead atoms. The van der Waals surface area contributed by atoms with Crippen molar-refractivity contribution in [1.29, 1.82) is 5.26 Å². The van der Waals surface area contributed by atoms with E-state index in [1.165, 1.54) is 5.69 Å². The molecule has 0 atom stereocenters. The molecular weight excluding hydrogens is 202 g/mol. The molecule has 88 valence electrons. The number of hydrogen-bond acceptors (Lipinski definition) is 3. The van der Waals surface area contributed by atoms with Gasteiger partial charge in [0.1, 0.15) is 0 Å². The van der Waals surface area contributed by atoms with Gasteiger partial charge in [-0.2, -0.15) is 5.26 Å². The molecule has 0 aliphatic heterocycles. The van der Waals surface area contributed by atoms with Gasteiger partial charge in [-0.05, 0) is 18.6 Å². The third-order valence-corrected chi connectivity index (χ3v) is 2.40. The lowest BCUT2D eigenvalue weighted by molar-refractivity contribution is 0.199. The molecule has 4 heteroatoms. The van der Waals surface area contributed by atoms with E-state index < -0.39 is 0 Å². The lowest BCUT2D eigenvalue weighted by atomic mass is 10.3. The molecule has 4 nitrogen and oxygen atoms in total. The molecule has 0 aliphatic carbocycles. The molecular formula is C12H19N3O. The van der Waals surface area contributed by atoms with Crippen molar-refractivity contribution in [2.75, 3.05) is 20.3 Å². The number of nitrogens with one attached hydrogen (secondary N) is 1. The van der Waals surface area contributed by atoms with Crippen LogP contribution in [0.2, 0.25) is 0 Å². The fourth-order valence-electron chi connectivity index (χ4n) is 1.55. The summed E-state index contributed by atoms with van der Waals surface area (Å²) in [6.45, 7) is 3.36. The summed E-state index contributed by atoms with van der Waals surface area (Å²) in [6, 6.07) is 6.31. The number of aromatic nitrogens is 1. The lowest BCUT2D eigenvalue weighted by Crippen LogP contribution is -2.20. The van der Waals surface area contributed by atoms with Gasteiger partial charge in [0.15, 0.2) is 0 Å². The van der Waals surface area contributed by atoms with Crippen LogP contribution in [0.15, 0.2) is 18.3 Å². The van der Waals surface area contributed by atoms with E-state index in [1.807, 2.05) is 6.07 Å². The Labute approximate surface area is 96.8 Å². The highest BCUT2D eigenvalue weighted by Gasteiger charge is 1.99. The van der Waals surface area contributed by atoms with E-state index in [0.29, 0.717) is 6.42 Å². The summed E-state index contributed by atoms with van der Waals surface area (Å²) >= 11 is 0. The van der Waals surface area contributed by atoms with Crippen LogP contribution in [0.25, 0.3) is 0 Å². The minimum Gasteiger partial charge on any atom is -0.383 e. The highest BCUT2D eigenvalue weighted by molar-refractivity contribution is 5.06. The van der Waals surface area contributed by atoms with Crippen LogP contribution in [0.3, 0.4) is 0 Å². The van der Waals surface area contributed by atoms with E-state index in [-0.39, 0.29) is 0 Å². The van der Waals surface area contributed by atoms with Crippen LogP contribution in [0.4, 0.5) is 0 Å². The zero-order chi connectivity index (χ0) is 11.6. The van der Waals surface area contributed by atoms with Crippen LogP contribution in [0, 0.1) is 11.3 Å². The van der Waals surface area contributed by atoms with Crippen molar-refractivity contribution in [3.8, 4) is 6.07 Å². The maximum absolute atomic E-state index is 8.48. The van der Waals surface area contributed by atoms with Gasteiger partial charge in [-0.25, -0.2) is 0 Å². The number of nitriles is 1. The number of methoxy groups -OCH3 is 1. The number of aryl methyl sites for hydroxylation is 1. The van der Waals surface area contributed by atoms with Gasteiger partial charge in [0, 0.05) is 45.1 Å². The summed E-state index contributed by atoms with van der Waals surface area (Å²) in [7, 11) is 1.70.